The number of anilines is 1. The molecular weight excluding hydrogens is 440 g/mol. The lowest BCUT2D eigenvalue weighted by atomic mass is 9.82. The number of hydrogen-bond donors (Lipinski definition) is 3. The predicted molar refractivity (Wildman–Crippen MR) is 129 cm³/mol. The van der Waals surface area contributed by atoms with Gasteiger partial charge in [-0.2, -0.15) is 0 Å². The van der Waals surface area contributed by atoms with E-state index in [0.29, 0.717) is 18.4 Å². The highest BCUT2D eigenvalue weighted by atomic mass is 32.2. The molecule has 9 heteroatoms. The van der Waals surface area contributed by atoms with Crippen molar-refractivity contribution in [2.45, 2.75) is 37.0 Å². The third kappa shape index (κ3) is 6.10. The SMILES string of the molecule is O=[N+]([O-])c1ccccc1S(=O)(=O)NCC1CCC(CNCC2CNc3ccccc3C2)CC1. The third-order valence-electron chi connectivity index (χ3n) is 6.85. The van der Waals surface area contributed by atoms with Crippen molar-refractivity contribution in [1.29, 1.82) is 0 Å². The molecule has 4 rings (SSSR count). The lowest BCUT2D eigenvalue weighted by molar-refractivity contribution is -0.387. The van der Waals surface area contributed by atoms with Gasteiger partial charge in [0.25, 0.3) is 5.69 Å². The molecule has 0 spiro atoms. The molecule has 8 nitrogen and oxygen atoms in total. The van der Waals surface area contributed by atoms with Crippen LogP contribution >= 0.6 is 0 Å². The van der Waals surface area contributed by atoms with Crippen molar-refractivity contribution < 1.29 is 13.3 Å². The Bertz CT molecular complexity index is 1070. The van der Waals surface area contributed by atoms with E-state index >= 15 is 0 Å². The van der Waals surface area contributed by atoms with Gasteiger partial charge < -0.3 is 10.6 Å². The van der Waals surface area contributed by atoms with Crippen LogP contribution in [0.4, 0.5) is 11.4 Å². The molecule has 0 saturated heterocycles. The normalized spacial score (nSPS) is 22.8. The fourth-order valence-electron chi connectivity index (χ4n) is 4.92. The molecule has 0 aromatic heterocycles. The molecule has 178 valence electrons. The Morgan fingerprint density at radius 2 is 1.55 bits per heavy atom. The monoisotopic (exact) mass is 472 g/mol. The van der Waals surface area contributed by atoms with Crippen LogP contribution in [-0.4, -0.2) is 39.5 Å². The first-order valence-electron chi connectivity index (χ1n) is 11.7. The minimum Gasteiger partial charge on any atom is -0.384 e. The Hall–Kier alpha value is -2.49. The summed E-state index contributed by atoms with van der Waals surface area (Å²) in [7, 11) is -3.91. The summed E-state index contributed by atoms with van der Waals surface area (Å²) in [5.74, 6) is 1.46. The maximum absolute atomic E-state index is 12.6. The fourth-order valence-corrected chi connectivity index (χ4v) is 6.21. The minimum atomic E-state index is -3.91. The Morgan fingerprint density at radius 1 is 0.909 bits per heavy atom. The topological polar surface area (TPSA) is 113 Å². The van der Waals surface area contributed by atoms with E-state index in [2.05, 4.69) is 39.6 Å². The summed E-state index contributed by atoms with van der Waals surface area (Å²) in [5, 5.41) is 18.3. The van der Waals surface area contributed by atoms with E-state index in [0.717, 1.165) is 51.7 Å². The first-order chi connectivity index (χ1) is 15.9. The minimum absolute atomic E-state index is 0.262. The second kappa shape index (κ2) is 10.6. The molecule has 1 saturated carbocycles. The predicted octanol–water partition coefficient (Wildman–Crippen LogP) is 3.55. The lowest BCUT2D eigenvalue weighted by Gasteiger charge is -2.30. The molecule has 0 amide bonds. The average molecular weight is 473 g/mol. The van der Waals surface area contributed by atoms with Crippen LogP contribution in [0.1, 0.15) is 31.2 Å². The van der Waals surface area contributed by atoms with Crippen molar-refractivity contribution in [3.63, 3.8) is 0 Å². The summed E-state index contributed by atoms with van der Waals surface area (Å²) in [5.41, 5.74) is 2.25. The van der Waals surface area contributed by atoms with Gasteiger partial charge in [-0.1, -0.05) is 30.3 Å². The highest BCUT2D eigenvalue weighted by Gasteiger charge is 2.27. The van der Waals surface area contributed by atoms with Gasteiger partial charge in [-0.05, 0) is 80.6 Å². The van der Waals surface area contributed by atoms with Crippen molar-refractivity contribution in [1.82, 2.24) is 10.0 Å². The molecule has 0 bridgehead atoms. The van der Waals surface area contributed by atoms with Gasteiger partial charge in [0.15, 0.2) is 4.90 Å². The molecule has 2 aromatic carbocycles. The van der Waals surface area contributed by atoms with Crippen LogP contribution < -0.4 is 15.4 Å². The van der Waals surface area contributed by atoms with Crippen LogP contribution in [0.2, 0.25) is 0 Å². The Morgan fingerprint density at radius 3 is 2.30 bits per heavy atom. The van der Waals surface area contributed by atoms with Crippen LogP contribution in [0.25, 0.3) is 0 Å². The second-order valence-corrected chi connectivity index (χ2v) is 11.0. The van der Waals surface area contributed by atoms with Crippen LogP contribution in [0.3, 0.4) is 0 Å². The van der Waals surface area contributed by atoms with E-state index in [1.54, 1.807) is 0 Å². The number of benzene rings is 2. The van der Waals surface area contributed by atoms with Gasteiger partial charge in [-0.25, -0.2) is 13.1 Å². The molecule has 1 fully saturated rings. The van der Waals surface area contributed by atoms with Gasteiger partial charge in [-0.3, -0.25) is 10.1 Å². The van der Waals surface area contributed by atoms with Crippen molar-refractivity contribution in [2.75, 3.05) is 31.5 Å². The Balaban J connectivity index is 1.17. The summed E-state index contributed by atoms with van der Waals surface area (Å²) >= 11 is 0. The zero-order valence-corrected chi connectivity index (χ0v) is 19.5. The van der Waals surface area contributed by atoms with E-state index in [9.17, 15) is 18.5 Å². The van der Waals surface area contributed by atoms with Crippen LogP contribution in [0.5, 0.6) is 0 Å². The summed E-state index contributed by atoms with van der Waals surface area (Å²) in [4.78, 5) is 10.2. The summed E-state index contributed by atoms with van der Waals surface area (Å²) in [6, 6.07) is 14.0. The zero-order valence-electron chi connectivity index (χ0n) is 18.7. The quantitative estimate of drug-likeness (QED) is 0.380. The molecule has 1 heterocycles. The van der Waals surface area contributed by atoms with E-state index < -0.39 is 20.6 Å². The van der Waals surface area contributed by atoms with E-state index in [1.807, 2.05) is 0 Å². The molecule has 1 unspecified atom stereocenters. The number of rotatable bonds is 9. The second-order valence-electron chi connectivity index (χ2n) is 9.23. The fraction of sp³-hybridized carbons (Fsp3) is 0.500. The van der Waals surface area contributed by atoms with Gasteiger partial charge in [0.2, 0.25) is 10.0 Å². The molecule has 1 aliphatic heterocycles. The number of nitro benzene ring substituents is 1. The largest absolute Gasteiger partial charge is 0.384 e. The van der Waals surface area contributed by atoms with Crippen LogP contribution in [-0.2, 0) is 16.4 Å². The van der Waals surface area contributed by atoms with Crippen molar-refractivity contribution in [2.24, 2.45) is 17.8 Å². The molecule has 33 heavy (non-hydrogen) atoms. The average Bonchev–Trinajstić information content (AvgIpc) is 2.83. The number of sulfonamides is 1. The van der Waals surface area contributed by atoms with Gasteiger partial charge in [0, 0.05) is 24.8 Å². The zero-order chi connectivity index (χ0) is 23.3. The number of nitrogens with zero attached hydrogens (tertiary/aromatic N) is 1. The highest BCUT2D eigenvalue weighted by Crippen LogP contribution is 2.29. The molecular formula is C24H32N4O4S. The van der Waals surface area contributed by atoms with Crippen molar-refractivity contribution >= 4 is 21.4 Å². The number of hydrogen-bond acceptors (Lipinski definition) is 6. The standard InChI is InChI=1S/C24H32N4O4S/c29-28(30)23-7-3-4-8-24(23)33(31,32)27-17-19-11-9-18(10-12-19)14-25-15-20-13-21-5-1-2-6-22(21)26-16-20/h1-8,18-20,25-27H,9-17H2. The van der Waals surface area contributed by atoms with Crippen molar-refractivity contribution in [3.8, 4) is 0 Å². The van der Waals surface area contributed by atoms with Crippen LogP contribution in [0, 0.1) is 27.9 Å². The summed E-state index contributed by atoms with van der Waals surface area (Å²) < 4.78 is 27.8. The lowest BCUT2D eigenvalue weighted by Crippen LogP contribution is -2.36. The number of nitrogens with one attached hydrogen (secondary N) is 3. The molecule has 1 aliphatic carbocycles. The Labute approximate surface area is 195 Å². The Kier molecular flexibility index (Phi) is 7.62. The third-order valence-corrected chi connectivity index (χ3v) is 8.32. The van der Waals surface area contributed by atoms with Crippen LogP contribution in [0.15, 0.2) is 53.4 Å². The first-order valence-corrected chi connectivity index (χ1v) is 13.2. The molecule has 0 radical (unpaired) electrons. The number of para-hydroxylation sites is 2. The first kappa shape index (κ1) is 23.7. The van der Waals surface area contributed by atoms with Crippen molar-refractivity contribution in [3.05, 3.63) is 64.2 Å². The van der Waals surface area contributed by atoms with Gasteiger partial charge >= 0.3 is 0 Å². The molecule has 3 N–H and O–H groups in total. The highest BCUT2D eigenvalue weighted by molar-refractivity contribution is 7.89. The number of fused-ring (bicyclic) bond motifs is 1. The molecule has 2 aromatic rings. The number of nitro groups is 1. The van der Waals surface area contributed by atoms with Gasteiger partial charge in [0.05, 0.1) is 4.92 Å². The van der Waals surface area contributed by atoms with E-state index in [1.165, 1.54) is 35.5 Å². The molecule has 2 aliphatic rings. The molecule has 1 atom stereocenters. The maximum Gasteiger partial charge on any atom is 0.289 e. The van der Waals surface area contributed by atoms with E-state index in [-0.39, 0.29) is 10.8 Å². The smallest absolute Gasteiger partial charge is 0.289 e. The van der Waals surface area contributed by atoms with Gasteiger partial charge in [0.1, 0.15) is 0 Å². The summed E-state index contributed by atoms with van der Waals surface area (Å²) in [6.45, 7) is 3.31. The van der Waals surface area contributed by atoms with E-state index in [4.69, 9.17) is 0 Å². The maximum atomic E-state index is 12.6. The van der Waals surface area contributed by atoms with Gasteiger partial charge in [-0.15, -0.1) is 0 Å². The summed E-state index contributed by atoms with van der Waals surface area (Å²) in [6.07, 6.45) is 5.16.